The van der Waals surface area contributed by atoms with Crippen molar-refractivity contribution in [3.63, 3.8) is 0 Å². The maximum Gasteiger partial charge on any atom is 0.251 e. The summed E-state index contributed by atoms with van der Waals surface area (Å²) in [6.07, 6.45) is 0.121. The van der Waals surface area contributed by atoms with E-state index in [-0.39, 0.29) is 18.4 Å². The number of carbonyl (C=O) groups excluding carboxylic acids is 2. The van der Waals surface area contributed by atoms with Crippen LogP contribution in [0, 0.1) is 6.92 Å². The highest BCUT2D eigenvalue weighted by Crippen LogP contribution is 2.10. The quantitative estimate of drug-likeness (QED) is 0.708. The molecule has 0 aliphatic rings. The second kappa shape index (κ2) is 6.72. The Morgan fingerprint density at radius 2 is 2.11 bits per heavy atom. The van der Waals surface area contributed by atoms with Crippen LogP contribution in [0.2, 0.25) is 0 Å². The summed E-state index contributed by atoms with van der Waals surface area (Å²) in [5.41, 5.74) is 6.35. The second-order valence-corrected chi connectivity index (χ2v) is 4.46. The van der Waals surface area contributed by atoms with E-state index in [4.69, 9.17) is 5.73 Å². The molecule has 1 aromatic rings. The molecule has 1 aromatic heterocycles. The lowest BCUT2D eigenvalue weighted by Gasteiger charge is -2.13. The molecule has 0 saturated carbocycles. The molecule has 0 fully saturated rings. The number of aryl methyl sites for hydroxylation is 1. The van der Waals surface area contributed by atoms with E-state index in [0.29, 0.717) is 11.4 Å². The number of pyridine rings is 1. The average molecular weight is 264 g/mol. The summed E-state index contributed by atoms with van der Waals surface area (Å²) >= 11 is 0. The van der Waals surface area contributed by atoms with Gasteiger partial charge in [-0.15, -0.1) is 0 Å². The molecule has 104 valence electrons. The smallest absolute Gasteiger partial charge is 0.251 e. The summed E-state index contributed by atoms with van der Waals surface area (Å²) in [4.78, 5) is 27.1. The lowest BCUT2D eigenvalue weighted by atomic mass is 10.1. The number of hydrogen-bond donors (Lipinski definition) is 3. The van der Waals surface area contributed by atoms with Crippen LogP contribution in [-0.4, -0.2) is 29.4 Å². The highest BCUT2D eigenvalue weighted by atomic mass is 16.2. The minimum atomic E-state index is -0.438. The van der Waals surface area contributed by atoms with Gasteiger partial charge in [-0.2, -0.15) is 0 Å². The average Bonchev–Trinajstić information content (AvgIpc) is 2.27. The Hall–Kier alpha value is -2.11. The minimum Gasteiger partial charge on any atom is -0.370 e. The van der Waals surface area contributed by atoms with E-state index in [1.165, 1.54) is 0 Å². The van der Waals surface area contributed by atoms with Crippen molar-refractivity contribution in [2.24, 2.45) is 5.73 Å². The van der Waals surface area contributed by atoms with E-state index in [9.17, 15) is 9.59 Å². The van der Waals surface area contributed by atoms with Crippen LogP contribution in [0.1, 0.15) is 36.3 Å². The van der Waals surface area contributed by atoms with Gasteiger partial charge in [0, 0.05) is 30.3 Å². The molecule has 1 unspecified atom stereocenters. The summed E-state index contributed by atoms with van der Waals surface area (Å²) in [7, 11) is 0. The fourth-order valence-electron chi connectivity index (χ4n) is 1.73. The number of primary amides is 1. The van der Waals surface area contributed by atoms with Gasteiger partial charge in [-0.3, -0.25) is 9.59 Å². The normalized spacial score (nSPS) is 11.7. The Labute approximate surface area is 112 Å². The lowest BCUT2D eigenvalue weighted by molar-refractivity contribution is -0.118. The number of rotatable bonds is 6. The third-order valence-electron chi connectivity index (χ3n) is 2.46. The van der Waals surface area contributed by atoms with E-state index < -0.39 is 5.91 Å². The topological polar surface area (TPSA) is 97.1 Å². The van der Waals surface area contributed by atoms with Crippen LogP contribution in [0.5, 0.6) is 0 Å². The SMILES string of the molecule is CCNc1cc(C(=O)NC(C)CC(N)=O)cc(C)n1. The zero-order valence-electron chi connectivity index (χ0n) is 11.5. The molecule has 6 heteroatoms. The second-order valence-electron chi connectivity index (χ2n) is 4.46. The number of hydrogen-bond acceptors (Lipinski definition) is 4. The first-order chi connectivity index (χ1) is 8.92. The Bertz CT molecular complexity index is 474. The molecule has 0 radical (unpaired) electrons. The lowest BCUT2D eigenvalue weighted by Crippen LogP contribution is -2.35. The van der Waals surface area contributed by atoms with Crippen LogP contribution < -0.4 is 16.4 Å². The predicted molar refractivity (Wildman–Crippen MR) is 73.9 cm³/mol. The number of nitrogens with two attached hydrogens (primary N) is 1. The first-order valence-electron chi connectivity index (χ1n) is 6.24. The first-order valence-corrected chi connectivity index (χ1v) is 6.24. The Morgan fingerprint density at radius 3 is 2.68 bits per heavy atom. The van der Waals surface area contributed by atoms with Crippen LogP contribution in [0.3, 0.4) is 0 Å². The van der Waals surface area contributed by atoms with Gasteiger partial charge in [0.2, 0.25) is 5.91 Å². The van der Waals surface area contributed by atoms with Crippen LogP contribution in [0.4, 0.5) is 5.82 Å². The predicted octanol–water partition coefficient (Wildman–Crippen LogP) is 0.816. The third kappa shape index (κ3) is 4.95. The zero-order valence-corrected chi connectivity index (χ0v) is 11.5. The number of anilines is 1. The molecule has 2 amide bonds. The van der Waals surface area contributed by atoms with Crippen molar-refractivity contribution in [2.75, 3.05) is 11.9 Å². The van der Waals surface area contributed by atoms with Gasteiger partial charge in [0.1, 0.15) is 5.82 Å². The van der Waals surface area contributed by atoms with Crippen molar-refractivity contribution in [3.8, 4) is 0 Å². The molecule has 0 aliphatic carbocycles. The molecule has 1 rings (SSSR count). The number of carbonyl (C=O) groups is 2. The van der Waals surface area contributed by atoms with Gasteiger partial charge >= 0.3 is 0 Å². The molecule has 0 bridgehead atoms. The summed E-state index contributed by atoms with van der Waals surface area (Å²) < 4.78 is 0. The highest BCUT2D eigenvalue weighted by Gasteiger charge is 2.13. The van der Waals surface area contributed by atoms with Crippen LogP contribution in [0.15, 0.2) is 12.1 Å². The molecule has 1 atom stereocenters. The largest absolute Gasteiger partial charge is 0.370 e. The zero-order chi connectivity index (χ0) is 14.4. The molecular formula is C13H20N4O2. The molecule has 4 N–H and O–H groups in total. The van der Waals surface area contributed by atoms with Gasteiger partial charge in [0.05, 0.1) is 0 Å². The van der Waals surface area contributed by atoms with Crippen LogP contribution in [-0.2, 0) is 4.79 Å². The van der Waals surface area contributed by atoms with Crippen LogP contribution >= 0.6 is 0 Å². The number of aromatic nitrogens is 1. The summed E-state index contributed by atoms with van der Waals surface area (Å²) in [5.74, 6) is -0.0133. The van der Waals surface area contributed by atoms with Crippen molar-refractivity contribution < 1.29 is 9.59 Å². The van der Waals surface area contributed by atoms with Crippen molar-refractivity contribution in [2.45, 2.75) is 33.2 Å². The van der Waals surface area contributed by atoms with Gasteiger partial charge < -0.3 is 16.4 Å². The molecular weight excluding hydrogens is 244 g/mol. The monoisotopic (exact) mass is 264 g/mol. The standard InChI is InChI=1S/C13H20N4O2/c1-4-15-12-7-10(5-8(2)16-12)13(19)17-9(3)6-11(14)18/h5,7,9H,4,6H2,1-3H3,(H2,14,18)(H,15,16)(H,17,19). The van der Waals surface area contributed by atoms with Gasteiger partial charge in [-0.1, -0.05) is 0 Å². The molecule has 0 saturated heterocycles. The molecule has 1 heterocycles. The Balaban J connectivity index is 2.78. The van der Waals surface area contributed by atoms with E-state index in [2.05, 4.69) is 15.6 Å². The molecule has 0 aliphatic heterocycles. The fraction of sp³-hybridized carbons (Fsp3) is 0.462. The van der Waals surface area contributed by atoms with Gasteiger partial charge in [0.15, 0.2) is 0 Å². The summed E-state index contributed by atoms with van der Waals surface area (Å²) in [5, 5.41) is 5.79. The first kappa shape index (κ1) is 14.9. The van der Waals surface area contributed by atoms with Crippen molar-refractivity contribution >= 4 is 17.6 Å². The molecule has 0 spiro atoms. The molecule has 6 nitrogen and oxygen atoms in total. The van der Waals surface area contributed by atoms with Crippen LogP contribution in [0.25, 0.3) is 0 Å². The summed E-state index contributed by atoms with van der Waals surface area (Å²) in [6, 6.07) is 3.09. The third-order valence-corrected chi connectivity index (χ3v) is 2.46. The molecule has 19 heavy (non-hydrogen) atoms. The number of nitrogens with one attached hydrogen (secondary N) is 2. The minimum absolute atomic E-state index is 0.121. The maximum atomic E-state index is 12.0. The van der Waals surface area contributed by atoms with E-state index in [0.717, 1.165) is 12.2 Å². The number of nitrogens with zero attached hydrogens (tertiary/aromatic N) is 1. The van der Waals surface area contributed by atoms with E-state index in [1.807, 2.05) is 13.8 Å². The van der Waals surface area contributed by atoms with Crippen molar-refractivity contribution in [1.82, 2.24) is 10.3 Å². The fourth-order valence-corrected chi connectivity index (χ4v) is 1.73. The summed E-state index contributed by atoms with van der Waals surface area (Å²) in [6.45, 7) is 6.25. The van der Waals surface area contributed by atoms with E-state index >= 15 is 0 Å². The van der Waals surface area contributed by atoms with Gasteiger partial charge in [0.25, 0.3) is 5.91 Å². The Kier molecular flexibility index (Phi) is 5.29. The maximum absolute atomic E-state index is 12.0. The van der Waals surface area contributed by atoms with E-state index in [1.54, 1.807) is 19.1 Å². The van der Waals surface area contributed by atoms with Gasteiger partial charge in [-0.05, 0) is 32.9 Å². The Morgan fingerprint density at radius 1 is 1.42 bits per heavy atom. The molecule has 0 aromatic carbocycles. The van der Waals surface area contributed by atoms with Gasteiger partial charge in [-0.25, -0.2) is 4.98 Å². The number of amides is 2. The van der Waals surface area contributed by atoms with Crippen molar-refractivity contribution in [3.05, 3.63) is 23.4 Å². The van der Waals surface area contributed by atoms with Crippen molar-refractivity contribution in [1.29, 1.82) is 0 Å². The highest BCUT2D eigenvalue weighted by molar-refractivity contribution is 5.95.